The third kappa shape index (κ3) is 1.83. The fraction of sp³-hybridized carbons (Fsp3) is 0.154. The summed E-state index contributed by atoms with van der Waals surface area (Å²) >= 11 is 3.40. The third-order valence-corrected chi connectivity index (χ3v) is 3.32. The van der Waals surface area contributed by atoms with Crippen LogP contribution in [0.3, 0.4) is 0 Å². The molecule has 1 aromatic carbocycles. The lowest BCUT2D eigenvalue weighted by molar-refractivity contribution is 0.111. The summed E-state index contributed by atoms with van der Waals surface area (Å²) < 4.78 is 2.95. The summed E-state index contributed by atoms with van der Waals surface area (Å²) in [6.45, 7) is 2.00. The van der Waals surface area contributed by atoms with Crippen molar-refractivity contribution in [3.8, 4) is 11.1 Å². The number of halogens is 1. The second kappa shape index (κ2) is 4.26. The molecule has 1 heterocycles. The number of aromatic nitrogens is 1. The Morgan fingerprint density at radius 3 is 2.44 bits per heavy atom. The molecule has 16 heavy (non-hydrogen) atoms. The van der Waals surface area contributed by atoms with Gasteiger partial charge < -0.3 is 4.57 Å². The van der Waals surface area contributed by atoms with Crippen molar-refractivity contribution in [1.29, 1.82) is 0 Å². The Hall–Kier alpha value is -1.35. The second-order valence-corrected chi connectivity index (χ2v) is 4.68. The number of carbonyl (C=O) groups is 1. The molecule has 0 bridgehead atoms. The summed E-state index contributed by atoms with van der Waals surface area (Å²) in [7, 11) is 1.90. The van der Waals surface area contributed by atoms with Crippen LogP contribution < -0.4 is 0 Å². The zero-order chi connectivity index (χ0) is 11.7. The molecule has 0 saturated carbocycles. The van der Waals surface area contributed by atoms with E-state index in [1.165, 1.54) is 0 Å². The first-order chi connectivity index (χ1) is 7.63. The summed E-state index contributed by atoms with van der Waals surface area (Å²) in [5, 5.41) is 0. The van der Waals surface area contributed by atoms with Crippen molar-refractivity contribution in [2.24, 2.45) is 7.05 Å². The van der Waals surface area contributed by atoms with Crippen molar-refractivity contribution in [2.75, 3.05) is 0 Å². The molecule has 2 nitrogen and oxygen atoms in total. The van der Waals surface area contributed by atoms with Gasteiger partial charge in [0, 0.05) is 22.8 Å². The first kappa shape index (κ1) is 11.1. The highest BCUT2D eigenvalue weighted by Gasteiger charge is 2.10. The molecule has 0 aliphatic rings. The summed E-state index contributed by atoms with van der Waals surface area (Å²) in [6.07, 6.45) is 0.907. The van der Waals surface area contributed by atoms with Gasteiger partial charge in [-0.15, -0.1) is 0 Å². The van der Waals surface area contributed by atoms with Gasteiger partial charge in [-0.05, 0) is 30.7 Å². The van der Waals surface area contributed by atoms with Crippen molar-refractivity contribution in [2.45, 2.75) is 6.92 Å². The van der Waals surface area contributed by atoms with E-state index in [1.807, 2.05) is 48.9 Å². The molecule has 82 valence electrons. The van der Waals surface area contributed by atoms with Crippen molar-refractivity contribution < 1.29 is 4.79 Å². The molecule has 0 spiro atoms. The Morgan fingerprint density at radius 1 is 1.25 bits per heavy atom. The maximum Gasteiger partial charge on any atom is 0.167 e. The van der Waals surface area contributed by atoms with Crippen molar-refractivity contribution in [1.82, 2.24) is 4.57 Å². The van der Waals surface area contributed by atoms with Gasteiger partial charge in [0.1, 0.15) is 0 Å². The molecule has 0 N–H and O–H groups in total. The summed E-state index contributed by atoms with van der Waals surface area (Å²) in [5.74, 6) is 0. The number of hydrogen-bond acceptors (Lipinski definition) is 1. The van der Waals surface area contributed by atoms with Crippen LogP contribution in [0.25, 0.3) is 11.1 Å². The number of aryl methyl sites for hydroxylation is 1. The number of nitrogens with zero attached hydrogens (tertiary/aromatic N) is 1. The molecule has 0 aliphatic carbocycles. The lowest BCUT2D eigenvalue weighted by Crippen LogP contribution is -1.97. The van der Waals surface area contributed by atoms with Crippen LogP contribution in [0.1, 0.15) is 16.2 Å². The van der Waals surface area contributed by atoms with Crippen LogP contribution in [0.2, 0.25) is 0 Å². The van der Waals surface area contributed by atoms with Crippen molar-refractivity contribution >= 4 is 22.2 Å². The Balaban J connectivity index is 2.59. The van der Waals surface area contributed by atoms with Gasteiger partial charge in [0.05, 0.1) is 5.69 Å². The van der Waals surface area contributed by atoms with E-state index in [1.54, 1.807) is 0 Å². The van der Waals surface area contributed by atoms with Crippen molar-refractivity contribution in [3.63, 3.8) is 0 Å². The molecular formula is C13H12BrNO. The number of carbonyl (C=O) groups excluding carboxylic acids is 1. The SMILES string of the molecule is Cc1cc(-c2ccc(Br)cc2)c(C=O)n1C. The molecule has 0 atom stereocenters. The minimum atomic E-state index is 0.722. The monoisotopic (exact) mass is 277 g/mol. The van der Waals surface area contributed by atoms with Crippen LogP contribution in [0.15, 0.2) is 34.8 Å². The maximum atomic E-state index is 11.1. The van der Waals surface area contributed by atoms with Gasteiger partial charge in [-0.1, -0.05) is 28.1 Å². The van der Waals surface area contributed by atoms with Gasteiger partial charge >= 0.3 is 0 Å². The molecule has 2 rings (SSSR count). The van der Waals surface area contributed by atoms with Gasteiger partial charge in [0.25, 0.3) is 0 Å². The molecule has 0 amide bonds. The van der Waals surface area contributed by atoms with Gasteiger partial charge in [0.15, 0.2) is 6.29 Å². The molecule has 0 aliphatic heterocycles. The molecule has 0 saturated heterocycles. The predicted molar refractivity (Wildman–Crippen MR) is 68.7 cm³/mol. The summed E-state index contributed by atoms with van der Waals surface area (Å²) in [5.41, 5.74) is 3.86. The molecule has 0 fully saturated rings. The van der Waals surface area contributed by atoms with E-state index >= 15 is 0 Å². The van der Waals surface area contributed by atoms with Crippen LogP contribution in [0, 0.1) is 6.92 Å². The molecular weight excluding hydrogens is 266 g/mol. The van der Waals surface area contributed by atoms with Gasteiger partial charge in [-0.2, -0.15) is 0 Å². The van der Waals surface area contributed by atoms with E-state index in [9.17, 15) is 4.79 Å². The fourth-order valence-corrected chi connectivity index (χ4v) is 2.02. The van der Waals surface area contributed by atoms with Crippen LogP contribution in [-0.4, -0.2) is 10.9 Å². The third-order valence-electron chi connectivity index (χ3n) is 2.79. The van der Waals surface area contributed by atoms with Crippen LogP contribution in [0.5, 0.6) is 0 Å². The minimum absolute atomic E-state index is 0.722. The maximum absolute atomic E-state index is 11.1. The Kier molecular flexibility index (Phi) is 2.97. The summed E-state index contributed by atoms with van der Waals surface area (Å²) in [6, 6.07) is 10.0. The largest absolute Gasteiger partial charge is 0.345 e. The number of rotatable bonds is 2. The predicted octanol–water partition coefficient (Wildman–Crippen LogP) is 3.58. The molecule has 0 unspecified atom stereocenters. The molecule has 3 heteroatoms. The standard InChI is InChI=1S/C13H12BrNO/c1-9-7-12(13(8-16)15(9)2)10-3-5-11(14)6-4-10/h3-8H,1-2H3. The van der Waals surface area contributed by atoms with Gasteiger partial charge in [-0.3, -0.25) is 4.79 Å². The minimum Gasteiger partial charge on any atom is -0.345 e. The first-order valence-electron chi connectivity index (χ1n) is 5.01. The second-order valence-electron chi connectivity index (χ2n) is 3.77. The first-order valence-corrected chi connectivity index (χ1v) is 5.80. The van der Waals surface area contributed by atoms with E-state index in [2.05, 4.69) is 15.9 Å². The highest BCUT2D eigenvalue weighted by atomic mass is 79.9. The summed E-state index contributed by atoms with van der Waals surface area (Å²) in [4.78, 5) is 11.1. The number of aldehydes is 1. The number of hydrogen-bond donors (Lipinski definition) is 0. The average molecular weight is 278 g/mol. The van der Waals surface area contributed by atoms with E-state index in [0.29, 0.717) is 0 Å². The Bertz CT molecular complexity index is 526. The molecule has 0 radical (unpaired) electrons. The van der Waals surface area contributed by atoms with Gasteiger partial charge in [-0.25, -0.2) is 0 Å². The zero-order valence-electron chi connectivity index (χ0n) is 9.20. The lowest BCUT2D eigenvalue weighted by Gasteiger charge is -2.02. The highest BCUT2D eigenvalue weighted by Crippen LogP contribution is 2.26. The van der Waals surface area contributed by atoms with E-state index in [4.69, 9.17) is 0 Å². The van der Waals surface area contributed by atoms with Crippen LogP contribution in [-0.2, 0) is 7.05 Å². The Morgan fingerprint density at radius 2 is 1.88 bits per heavy atom. The van der Waals surface area contributed by atoms with E-state index in [0.717, 1.165) is 33.3 Å². The van der Waals surface area contributed by atoms with Crippen LogP contribution in [0.4, 0.5) is 0 Å². The fourth-order valence-electron chi connectivity index (χ4n) is 1.75. The molecule has 1 aromatic heterocycles. The average Bonchev–Trinajstić information content (AvgIpc) is 2.56. The lowest BCUT2D eigenvalue weighted by atomic mass is 10.1. The Labute approximate surface area is 103 Å². The molecule has 2 aromatic rings. The van der Waals surface area contributed by atoms with E-state index < -0.39 is 0 Å². The topological polar surface area (TPSA) is 22.0 Å². The van der Waals surface area contributed by atoms with Crippen molar-refractivity contribution in [3.05, 3.63) is 46.2 Å². The zero-order valence-corrected chi connectivity index (χ0v) is 10.8. The smallest absolute Gasteiger partial charge is 0.167 e. The van der Waals surface area contributed by atoms with Gasteiger partial charge in [0.2, 0.25) is 0 Å². The highest BCUT2D eigenvalue weighted by molar-refractivity contribution is 9.10. The normalized spacial score (nSPS) is 10.4. The van der Waals surface area contributed by atoms with Crippen LogP contribution >= 0.6 is 15.9 Å². The van der Waals surface area contributed by atoms with E-state index in [-0.39, 0.29) is 0 Å². The number of benzene rings is 1. The quantitative estimate of drug-likeness (QED) is 0.770.